The number of carbonyl (C=O) groups is 1. The first-order chi connectivity index (χ1) is 14.1. The number of nitrogens with zero attached hydrogens (tertiary/aromatic N) is 3. The topological polar surface area (TPSA) is 77.2 Å². The van der Waals surface area contributed by atoms with Crippen LogP contribution in [0.5, 0.6) is 5.75 Å². The first kappa shape index (κ1) is 21.1. The number of rotatable bonds is 10. The molecule has 0 aliphatic rings. The van der Waals surface area contributed by atoms with Gasteiger partial charge in [0.05, 0.1) is 6.10 Å². The van der Waals surface area contributed by atoms with Crippen LogP contribution in [0.3, 0.4) is 0 Å². The van der Waals surface area contributed by atoms with Crippen molar-refractivity contribution in [3.05, 3.63) is 60.2 Å². The molecule has 1 heterocycles. The van der Waals surface area contributed by atoms with Crippen LogP contribution < -0.4 is 4.74 Å². The third-order valence-electron chi connectivity index (χ3n) is 4.41. The Morgan fingerprint density at radius 3 is 2.48 bits per heavy atom. The second-order valence-electron chi connectivity index (χ2n) is 6.49. The molecular weight excluding hydrogens is 386 g/mol. The maximum absolute atomic E-state index is 11.7. The molecular formula is C22H25N3O3S. The largest absolute Gasteiger partial charge is 0.491 e. The fourth-order valence-corrected chi connectivity index (χ4v) is 3.74. The molecule has 0 bridgehead atoms. The first-order valence-corrected chi connectivity index (χ1v) is 10.7. The van der Waals surface area contributed by atoms with Crippen molar-refractivity contribution in [3.63, 3.8) is 0 Å². The Balaban J connectivity index is 1.54. The van der Waals surface area contributed by atoms with Crippen LogP contribution in [0.4, 0.5) is 0 Å². The van der Waals surface area contributed by atoms with E-state index in [4.69, 9.17) is 4.74 Å². The summed E-state index contributed by atoms with van der Waals surface area (Å²) in [7, 11) is 0. The third kappa shape index (κ3) is 5.46. The van der Waals surface area contributed by atoms with Gasteiger partial charge >= 0.3 is 0 Å². The number of aliphatic hydroxyl groups is 1. The fraction of sp³-hybridized carbons (Fsp3) is 0.318. The van der Waals surface area contributed by atoms with Crippen molar-refractivity contribution in [1.29, 1.82) is 0 Å². The molecule has 0 saturated heterocycles. The van der Waals surface area contributed by atoms with E-state index >= 15 is 0 Å². The number of ether oxygens (including phenoxy) is 1. The Bertz CT molecular complexity index is 926. The number of benzene rings is 2. The molecule has 6 nitrogen and oxygen atoms in total. The number of carbonyl (C=O) groups excluding carboxylic acids is 1. The monoisotopic (exact) mass is 411 g/mol. The molecule has 0 fully saturated rings. The predicted molar refractivity (Wildman–Crippen MR) is 114 cm³/mol. The van der Waals surface area contributed by atoms with Gasteiger partial charge in [-0.25, -0.2) is 0 Å². The van der Waals surface area contributed by atoms with E-state index in [1.807, 2.05) is 48.7 Å². The highest BCUT2D eigenvalue weighted by atomic mass is 32.2. The summed E-state index contributed by atoms with van der Waals surface area (Å²) in [6.45, 7) is 4.80. The van der Waals surface area contributed by atoms with Crippen molar-refractivity contribution >= 4 is 17.5 Å². The Morgan fingerprint density at radius 2 is 1.83 bits per heavy atom. The van der Waals surface area contributed by atoms with Crippen molar-refractivity contribution in [1.82, 2.24) is 14.8 Å². The van der Waals surface area contributed by atoms with Gasteiger partial charge in [-0.15, -0.1) is 10.2 Å². The van der Waals surface area contributed by atoms with E-state index in [9.17, 15) is 9.90 Å². The predicted octanol–water partition coefficient (Wildman–Crippen LogP) is 4.09. The maximum Gasteiger partial charge on any atom is 0.191 e. The molecule has 1 N–H and O–H groups in total. The van der Waals surface area contributed by atoms with Gasteiger partial charge in [-0.05, 0) is 31.2 Å². The summed E-state index contributed by atoms with van der Waals surface area (Å²) in [5.41, 5.74) is 1.69. The molecule has 0 saturated carbocycles. The molecule has 0 amide bonds. The molecule has 1 atom stereocenters. The minimum Gasteiger partial charge on any atom is -0.491 e. The number of thioether (sulfide) groups is 1. The number of aromatic nitrogens is 3. The summed E-state index contributed by atoms with van der Waals surface area (Å²) >= 11 is 1.45. The first-order valence-electron chi connectivity index (χ1n) is 9.67. The molecule has 152 valence electrons. The lowest BCUT2D eigenvalue weighted by Gasteiger charge is -2.13. The van der Waals surface area contributed by atoms with Crippen molar-refractivity contribution < 1.29 is 14.6 Å². The van der Waals surface area contributed by atoms with Crippen molar-refractivity contribution in [2.75, 3.05) is 12.4 Å². The molecule has 7 heteroatoms. The molecule has 3 rings (SSSR count). The van der Waals surface area contributed by atoms with E-state index < -0.39 is 6.10 Å². The highest BCUT2D eigenvalue weighted by Gasteiger charge is 2.15. The van der Waals surface area contributed by atoms with E-state index in [-0.39, 0.29) is 12.4 Å². The maximum atomic E-state index is 11.7. The zero-order valence-electron chi connectivity index (χ0n) is 16.6. The summed E-state index contributed by atoms with van der Waals surface area (Å²) in [5, 5.41) is 19.6. The van der Waals surface area contributed by atoms with E-state index in [0.717, 1.165) is 23.1 Å². The van der Waals surface area contributed by atoms with Gasteiger partial charge in [0, 0.05) is 29.8 Å². The van der Waals surface area contributed by atoms with Crippen LogP contribution in [0.15, 0.2) is 59.8 Å². The Hall–Kier alpha value is -2.64. The van der Waals surface area contributed by atoms with Crippen molar-refractivity contribution in [3.8, 4) is 17.1 Å². The van der Waals surface area contributed by atoms with E-state index in [0.29, 0.717) is 23.5 Å². The minimum atomic E-state index is -0.654. The average Bonchev–Trinajstić information content (AvgIpc) is 3.19. The Morgan fingerprint density at radius 1 is 1.10 bits per heavy atom. The summed E-state index contributed by atoms with van der Waals surface area (Å²) in [6.07, 6.45) is -0.177. The number of hydrogen-bond donors (Lipinski definition) is 1. The van der Waals surface area contributed by atoms with Crippen LogP contribution in [-0.2, 0) is 6.54 Å². The van der Waals surface area contributed by atoms with Gasteiger partial charge < -0.3 is 14.4 Å². The Labute approximate surface area is 174 Å². The quantitative estimate of drug-likeness (QED) is 0.400. The Kier molecular flexibility index (Phi) is 7.43. The van der Waals surface area contributed by atoms with Crippen LogP contribution in [0.2, 0.25) is 0 Å². The summed E-state index contributed by atoms with van der Waals surface area (Å²) < 4.78 is 7.68. The average molecular weight is 412 g/mol. The molecule has 1 aromatic heterocycles. The number of hydrogen-bond acceptors (Lipinski definition) is 6. The number of aliphatic hydroxyl groups excluding tert-OH is 1. The summed E-state index contributed by atoms with van der Waals surface area (Å²) in [4.78, 5) is 11.7. The van der Waals surface area contributed by atoms with Crippen LogP contribution in [0.25, 0.3) is 11.4 Å². The molecule has 0 unspecified atom stereocenters. The minimum absolute atomic E-state index is 0.0999. The second-order valence-corrected chi connectivity index (χ2v) is 7.48. The van der Waals surface area contributed by atoms with Gasteiger partial charge in [-0.3, -0.25) is 4.79 Å². The molecule has 0 radical (unpaired) electrons. The fourth-order valence-electron chi connectivity index (χ4n) is 2.83. The third-order valence-corrected chi connectivity index (χ3v) is 5.52. The van der Waals surface area contributed by atoms with Gasteiger partial charge in [0.15, 0.2) is 16.8 Å². The zero-order chi connectivity index (χ0) is 20.6. The lowest BCUT2D eigenvalue weighted by Crippen LogP contribution is -2.20. The van der Waals surface area contributed by atoms with E-state index in [1.165, 1.54) is 11.8 Å². The van der Waals surface area contributed by atoms with E-state index in [1.54, 1.807) is 24.3 Å². The zero-order valence-corrected chi connectivity index (χ0v) is 17.4. The molecule has 3 aromatic rings. The molecule has 2 aromatic carbocycles. The highest BCUT2D eigenvalue weighted by Crippen LogP contribution is 2.24. The van der Waals surface area contributed by atoms with Gasteiger partial charge in [-0.1, -0.05) is 49.0 Å². The van der Waals surface area contributed by atoms with Crippen LogP contribution in [-0.4, -0.2) is 44.1 Å². The van der Waals surface area contributed by atoms with Crippen molar-refractivity contribution in [2.45, 2.75) is 38.1 Å². The number of ketones is 1. The van der Waals surface area contributed by atoms with Gasteiger partial charge in [-0.2, -0.15) is 0 Å². The van der Waals surface area contributed by atoms with E-state index in [2.05, 4.69) is 10.2 Å². The van der Waals surface area contributed by atoms with Gasteiger partial charge in [0.1, 0.15) is 12.4 Å². The SMILES string of the molecule is CCC(=O)c1ccc(OC[C@H](O)CSc2nnc(-c3ccccc3)n2CC)cc1. The standard InChI is InChI=1S/C22H25N3O3S/c1-3-20(27)16-10-12-19(13-11-16)28-14-18(26)15-29-22-24-23-21(25(22)4-2)17-8-6-5-7-9-17/h5-13,18,26H,3-4,14-15H2,1-2H3/t18-/m0/s1. The van der Waals surface area contributed by atoms with Crippen molar-refractivity contribution in [2.24, 2.45) is 0 Å². The highest BCUT2D eigenvalue weighted by molar-refractivity contribution is 7.99. The van der Waals surface area contributed by atoms with Crippen LogP contribution in [0, 0.1) is 0 Å². The lowest BCUT2D eigenvalue weighted by atomic mass is 10.1. The summed E-state index contributed by atoms with van der Waals surface area (Å²) in [6, 6.07) is 16.9. The summed E-state index contributed by atoms with van der Waals surface area (Å²) in [5.74, 6) is 2.00. The van der Waals surface area contributed by atoms with Crippen LogP contribution in [0.1, 0.15) is 30.6 Å². The lowest BCUT2D eigenvalue weighted by molar-refractivity contribution is 0.0987. The second kappa shape index (κ2) is 10.2. The van der Waals surface area contributed by atoms with Gasteiger partial charge in [0.25, 0.3) is 0 Å². The molecule has 0 spiro atoms. The number of Topliss-reactive ketones (excluding diaryl/α,β-unsaturated/α-hetero) is 1. The van der Waals surface area contributed by atoms with Crippen LogP contribution >= 0.6 is 11.8 Å². The molecule has 29 heavy (non-hydrogen) atoms. The smallest absolute Gasteiger partial charge is 0.191 e. The molecule has 0 aliphatic carbocycles. The normalized spacial score (nSPS) is 12.0. The van der Waals surface area contributed by atoms with Gasteiger partial charge in [0.2, 0.25) is 0 Å². The molecule has 0 aliphatic heterocycles.